The molecule has 0 aliphatic heterocycles. The van der Waals surface area contributed by atoms with E-state index in [1.165, 1.54) is 95.1 Å². The summed E-state index contributed by atoms with van der Waals surface area (Å²) in [6, 6.07) is 89.0. The van der Waals surface area contributed by atoms with E-state index in [1.54, 1.807) is 0 Å². The Bertz CT molecular complexity index is 3640. The topological polar surface area (TPSA) is 18.5 Å². The standard InChI is InChI=1S/C26H22O2.C19H22.C15H16.C13H14.C7H8.2C2H6/c1-19-5-3-7-25(17-19)27-23-13-9-21(10-14-23)22-11-15-24(16-12-22)28-26-8-4-6-20(2)18-26;1-14-9-11-15(12-10-14)19(4)13-18(2,3)16-7-5-6-8-17(16)19;1-12-3-7-14(8-4-12)11-15-9-5-13(2)6-10-15;1-9-7-8-11(3)13-10(2)5-4-6-12(9)13;1-7-5-3-2-4-6-7;2*1-2/h3-18H,1-2H3;5-12H,13H2,1-4H3;3-10H,11H2,1-2H3;4-8H,1-3H3;2-6H,1H3;2*1-2H3. The molecule has 11 aromatic rings. The minimum Gasteiger partial charge on any atom is -0.457 e. The summed E-state index contributed by atoms with van der Waals surface area (Å²) in [6.07, 6.45) is 2.21. The van der Waals surface area contributed by atoms with Crippen LogP contribution < -0.4 is 9.47 Å². The summed E-state index contributed by atoms with van der Waals surface area (Å²) < 4.78 is 11.9. The van der Waals surface area contributed by atoms with Crippen molar-refractivity contribution in [2.45, 2.75) is 134 Å². The van der Waals surface area contributed by atoms with Gasteiger partial charge >= 0.3 is 0 Å². The maximum atomic E-state index is 5.93. The van der Waals surface area contributed by atoms with Gasteiger partial charge in [0.1, 0.15) is 23.0 Å². The predicted molar refractivity (Wildman–Crippen MR) is 373 cm³/mol. The molecule has 1 atom stereocenters. The van der Waals surface area contributed by atoms with Gasteiger partial charge in [-0.15, -0.1) is 0 Å². The van der Waals surface area contributed by atoms with Crippen LogP contribution >= 0.6 is 0 Å². The Kier molecular flexibility index (Phi) is 25.1. The van der Waals surface area contributed by atoms with Crippen LogP contribution in [-0.4, -0.2) is 0 Å². The van der Waals surface area contributed by atoms with E-state index in [2.05, 4.69) is 259 Å². The average molecular weight is 1140 g/mol. The molecule has 11 aromatic carbocycles. The van der Waals surface area contributed by atoms with E-state index in [-0.39, 0.29) is 10.8 Å². The van der Waals surface area contributed by atoms with Gasteiger partial charge in [0.05, 0.1) is 0 Å². The summed E-state index contributed by atoms with van der Waals surface area (Å²) >= 11 is 0. The molecule has 0 amide bonds. The number of hydrogen-bond donors (Lipinski definition) is 0. The second-order valence-electron chi connectivity index (χ2n) is 23.2. The molecule has 12 rings (SSSR count). The lowest BCUT2D eigenvalue weighted by Gasteiger charge is -2.28. The molecule has 0 N–H and O–H groups in total. The van der Waals surface area contributed by atoms with Crippen LogP contribution in [0.1, 0.15) is 133 Å². The van der Waals surface area contributed by atoms with E-state index in [9.17, 15) is 0 Å². The third-order valence-corrected chi connectivity index (χ3v) is 15.5. The molecule has 0 aromatic heterocycles. The first-order valence-corrected chi connectivity index (χ1v) is 30.9. The molecule has 1 aliphatic rings. The Morgan fingerprint density at radius 3 is 1.13 bits per heavy atom. The fraction of sp³-hybridized carbons (Fsp3) is 0.238. The van der Waals surface area contributed by atoms with Gasteiger partial charge in [0.15, 0.2) is 0 Å². The summed E-state index contributed by atoms with van der Waals surface area (Å²) in [4.78, 5) is 0. The Morgan fingerprint density at radius 2 is 0.698 bits per heavy atom. The molecule has 1 aliphatic carbocycles. The minimum absolute atomic E-state index is 0.147. The van der Waals surface area contributed by atoms with Crippen molar-refractivity contribution in [3.05, 3.63) is 333 Å². The lowest BCUT2D eigenvalue weighted by molar-refractivity contribution is 0.425. The van der Waals surface area contributed by atoms with E-state index < -0.39 is 0 Å². The number of fused-ring (bicyclic) bond motifs is 2. The number of benzene rings is 11. The zero-order chi connectivity index (χ0) is 62.2. The summed E-state index contributed by atoms with van der Waals surface area (Å²) in [7, 11) is 0. The van der Waals surface area contributed by atoms with Crippen molar-refractivity contribution in [3.8, 4) is 34.1 Å². The highest BCUT2D eigenvalue weighted by Crippen LogP contribution is 2.52. The summed E-state index contributed by atoms with van der Waals surface area (Å²) in [5.74, 6) is 3.36. The number of aryl methyl sites for hydroxylation is 9. The molecule has 442 valence electrons. The maximum Gasteiger partial charge on any atom is 0.127 e. The number of hydrogen-bond acceptors (Lipinski definition) is 2. The van der Waals surface area contributed by atoms with Gasteiger partial charge in [-0.3, -0.25) is 0 Å². The zero-order valence-corrected chi connectivity index (χ0v) is 54.5. The van der Waals surface area contributed by atoms with Crippen LogP contribution in [0.15, 0.2) is 255 Å². The molecule has 0 spiro atoms. The first-order valence-electron chi connectivity index (χ1n) is 30.9. The highest BCUT2D eigenvalue weighted by Gasteiger charge is 2.45. The average Bonchev–Trinajstić information content (AvgIpc) is 1.64. The van der Waals surface area contributed by atoms with Gasteiger partial charge in [0.2, 0.25) is 0 Å². The van der Waals surface area contributed by atoms with Crippen LogP contribution in [0.25, 0.3) is 21.9 Å². The van der Waals surface area contributed by atoms with Crippen LogP contribution in [0.2, 0.25) is 0 Å². The highest BCUT2D eigenvalue weighted by molar-refractivity contribution is 5.91. The van der Waals surface area contributed by atoms with Crippen LogP contribution in [0.5, 0.6) is 23.0 Å². The monoisotopic (exact) mass is 1130 g/mol. The molecule has 0 saturated heterocycles. The summed E-state index contributed by atoms with van der Waals surface area (Å²) in [5.41, 5.74) is 21.7. The quantitative estimate of drug-likeness (QED) is 0.151. The molecule has 0 heterocycles. The second kappa shape index (κ2) is 32.5. The second-order valence-corrected chi connectivity index (χ2v) is 23.2. The molecule has 2 nitrogen and oxygen atoms in total. The number of ether oxygens (including phenoxy) is 2. The zero-order valence-electron chi connectivity index (χ0n) is 54.5. The first kappa shape index (κ1) is 66.4. The minimum atomic E-state index is 0.147. The fourth-order valence-electron chi connectivity index (χ4n) is 11.0. The fourth-order valence-corrected chi connectivity index (χ4v) is 11.0. The molecular formula is C84H94O2. The van der Waals surface area contributed by atoms with Gasteiger partial charge in [-0.1, -0.05) is 277 Å². The lowest BCUT2D eigenvalue weighted by atomic mass is 9.75. The third-order valence-electron chi connectivity index (χ3n) is 15.5. The van der Waals surface area contributed by atoms with Gasteiger partial charge in [0, 0.05) is 5.41 Å². The Balaban J connectivity index is 0.000000179. The number of rotatable bonds is 8. The van der Waals surface area contributed by atoms with E-state index in [0.717, 1.165) is 40.5 Å². The lowest BCUT2D eigenvalue weighted by Crippen LogP contribution is -2.23. The summed E-state index contributed by atoms with van der Waals surface area (Å²) in [5, 5.41) is 2.81. The molecule has 1 unspecified atom stereocenters. The van der Waals surface area contributed by atoms with Gasteiger partial charge < -0.3 is 9.47 Å². The summed E-state index contributed by atoms with van der Waals surface area (Å²) in [6.45, 7) is 34.2. The van der Waals surface area contributed by atoms with E-state index >= 15 is 0 Å². The van der Waals surface area contributed by atoms with Crippen molar-refractivity contribution >= 4 is 10.8 Å². The van der Waals surface area contributed by atoms with Crippen molar-refractivity contribution in [2.75, 3.05) is 0 Å². The van der Waals surface area contributed by atoms with Gasteiger partial charge in [-0.05, 0) is 207 Å². The molecule has 2 heteroatoms. The molecule has 0 saturated carbocycles. The highest BCUT2D eigenvalue weighted by atomic mass is 16.5. The largest absolute Gasteiger partial charge is 0.457 e. The normalized spacial score (nSPS) is 13.0. The van der Waals surface area contributed by atoms with Crippen molar-refractivity contribution < 1.29 is 9.47 Å². The smallest absolute Gasteiger partial charge is 0.127 e. The van der Waals surface area contributed by atoms with Crippen LogP contribution in [0.4, 0.5) is 0 Å². The predicted octanol–water partition coefficient (Wildman–Crippen LogP) is 24.2. The molecular weight excluding hydrogens is 1040 g/mol. The maximum absolute atomic E-state index is 5.93. The molecule has 0 bridgehead atoms. The van der Waals surface area contributed by atoms with Crippen molar-refractivity contribution in [2.24, 2.45) is 0 Å². The Morgan fingerprint density at radius 1 is 0.314 bits per heavy atom. The van der Waals surface area contributed by atoms with E-state index in [1.807, 2.05) is 107 Å². The van der Waals surface area contributed by atoms with Crippen molar-refractivity contribution in [3.63, 3.8) is 0 Å². The van der Waals surface area contributed by atoms with E-state index in [4.69, 9.17) is 9.47 Å². The van der Waals surface area contributed by atoms with Gasteiger partial charge in [-0.2, -0.15) is 0 Å². The first-order chi connectivity index (χ1) is 41.4. The van der Waals surface area contributed by atoms with Crippen LogP contribution in [-0.2, 0) is 17.3 Å². The SMILES string of the molecule is CC.CC.Cc1ccc(C)c2c(C)cccc12.Cc1ccc(C2(C)CC(C)(C)c3ccccc32)cc1.Cc1ccc(Cc2ccc(C)cc2)cc1.Cc1cccc(Oc2ccc(-c3ccc(Oc4cccc(C)c4)cc3)cc2)c1.Cc1ccccc1. The van der Waals surface area contributed by atoms with Crippen LogP contribution in [0, 0.1) is 62.3 Å². The molecule has 0 fully saturated rings. The molecule has 86 heavy (non-hydrogen) atoms. The third kappa shape index (κ3) is 19.1. The van der Waals surface area contributed by atoms with E-state index in [0.29, 0.717) is 0 Å². The Hall–Kier alpha value is -8.72. The van der Waals surface area contributed by atoms with Gasteiger partial charge in [0.25, 0.3) is 0 Å². The van der Waals surface area contributed by atoms with Crippen LogP contribution in [0.3, 0.4) is 0 Å². The Labute approximate surface area is 518 Å². The van der Waals surface area contributed by atoms with Crippen molar-refractivity contribution in [1.82, 2.24) is 0 Å². The molecule has 0 radical (unpaired) electrons. The van der Waals surface area contributed by atoms with Gasteiger partial charge in [-0.25, -0.2) is 0 Å². The van der Waals surface area contributed by atoms with Crippen molar-refractivity contribution in [1.29, 1.82) is 0 Å².